The number of aromatic amines is 1. The van der Waals surface area contributed by atoms with Crippen molar-refractivity contribution >= 4 is 57.0 Å². The van der Waals surface area contributed by atoms with Gasteiger partial charge in [-0.15, -0.1) is 0 Å². The topological polar surface area (TPSA) is 275 Å². The summed E-state index contributed by atoms with van der Waals surface area (Å²) >= 11 is 5.38. The number of rotatable bonds is 3. The van der Waals surface area contributed by atoms with E-state index >= 15 is 0 Å². The number of fused-ring (bicyclic) bond motifs is 4. The fraction of sp³-hybridized carbons (Fsp3) is 0.565. The highest BCUT2D eigenvalue weighted by molar-refractivity contribution is 8.07. The number of aliphatic hydroxyl groups is 1. The fourth-order valence-electron chi connectivity index (χ4n) is 6.43. The third-order valence-corrected chi connectivity index (χ3v) is 11.1. The zero-order valence-electron chi connectivity index (χ0n) is 24.1. The Morgan fingerprint density at radius 2 is 1.91 bits per heavy atom. The number of nitrogens with zero attached hydrogens (tertiary/aromatic N) is 7. The molecule has 4 aliphatic heterocycles. The third kappa shape index (κ3) is 5.09. The van der Waals surface area contributed by atoms with Crippen LogP contribution in [0, 0.1) is 12.8 Å². The number of imidazole rings is 2. The quantitative estimate of drug-likeness (QED) is 0.142. The van der Waals surface area contributed by atoms with Crippen molar-refractivity contribution in [2.24, 2.45) is 5.92 Å². The van der Waals surface area contributed by atoms with Gasteiger partial charge in [-0.05, 0) is 18.7 Å². The Kier molecular flexibility index (Phi) is 7.29. The molecule has 6 N–H and O–H groups in total. The SMILES string of the molecule is Cc1nc2c(ncn2C2OC3COP(O)(=S)OC4C5OCC4(CNS(=O)(=O)OC2C3CO)OC5n2cnc3c(N)ncnc32)c(=O)[nH]1. The molecule has 9 unspecified atom stereocenters. The maximum Gasteiger partial charge on any atom is 0.336 e. The maximum atomic E-state index is 13.6. The molecule has 4 aromatic heterocycles. The Hall–Kier alpha value is -3.06. The standard InChI is InChI=1S/C23H27N10O11PS2/c1-9-30-19-13(20(35)31-9)28-8-33(19)21-14-10(2-34)11(41-21)3-40-45(36,46)43-16-15-22(32-7-27-12-17(24)25-6-26-18(12)32)42-23(16,5-39-15)4-29-47(37,38)44-14/h6-8,10-11,14-16,21-22,29,34H,2-5H2,1H3,(H,36,46)(H2,24,25,26)(H,30,31,35). The lowest BCUT2D eigenvalue weighted by atomic mass is 9.99. The Balaban J connectivity index is 1.16. The van der Waals surface area contributed by atoms with E-state index in [9.17, 15) is 23.2 Å². The van der Waals surface area contributed by atoms with Gasteiger partial charge in [0.2, 0.25) is 0 Å². The molecule has 4 aliphatic rings. The molecule has 8 rings (SSSR count). The highest BCUT2D eigenvalue weighted by Gasteiger charge is 2.65. The number of aromatic nitrogens is 8. The Labute approximate surface area is 268 Å². The van der Waals surface area contributed by atoms with E-state index in [0.717, 1.165) is 0 Å². The van der Waals surface area contributed by atoms with Crippen LogP contribution >= 0.6 is 6.72 Å². The Bertz CT molecular complexity index is 2110. The van der Waals surface area contributed by atoms with Crippen molar-refractivity contribution in [2.45, 2.75) is 49.4 Å². The molecular weight excluding hydrogens is 687 g/mol. The average Bonchev–Trinajstić information content (AvgIpc) is 3.82. The van der Waals surface area contributed by atoms with Crippen molar-refractivity contribution in [1.29, 1.82) is 0 Å². The fourth-order valence-corrected chi connectivity index (χ4v) is 8.90. The Morgan fingerprint density at radius 1 is 1.15 bits per heavy atom. The zero-order chi connectivity index (χ0) is 32.9. The summed E-state index contributed by atoms with van der Waals surface area (Å²) in [4.78, 5) is 47.2. The van der Waals surface area contributed by atoms with Gasteiger partial charge in [0.15, 0.2) is 35.1 Å². The van der Waals surface area contributed by atoms with Gasteiger partial charge < -0.3 is 39.5 Å². The van der Waals surface area contributed by atoms with Crippen LogP contribution in [0.2, 0.25) is 0 Å². The highest BCUT2D eigenvalue weighted by Crippen LogP contribution is 2.55. The molecule has 0 spiro atoms. The van der Waals surface area contributed by atoms with Gasteiger partial charge in [0, 0.05) is 12.5 Å². The van der Waals surface area contributed by atoms with Crippen molar-refractivity contribution in [3.63, 3.8) is 0 Å². The van der Waals surface area contributed by atoms with E-state index in [1.54, 1.807) is 6.92 Å². The number of nitrogen functional groups attached to an aromatic ring is 1. The number of nitrogens with two attached hydrogens (primary N) is 1. The van der Waals surface area contributed by atoms with Gasteiger partial charge in [0.05, 0.1) is 38.6 Å². The largest absolute Gasteiger partial charge is 0.396 e. The van der Waals surface area contributed by atoms with Gasteiger partial charge in [0.25, 0.3) is 5.56 Å². The van der Waals surface area contributed by atoms with Crippen molar-refractivity contribution in [3.05, 3.63) is 35.2 Å². The lowest BCUT2D eigenvalue weighted by Crippen LogP contribution is -2.51. The minimum absolute atomic E-state index is 0.0264. The third-order valence-electron chi connectivity index (χ3n) is 8.60. The molecule has 0 amide bonds. The van der Waals surface area contributed by atoms with Crippen LogP contribution in [0.3, 0.4) is 0 Å². The van der Waals surface area contributed by atoms with Gasteiger partial charge in [-0.25, -0.2) is 29.1 Å². The molecule has 0 saturated carbocycles. The van der Waals surface area contributed by atoms with Crippen LogP contribution < -0.4 is 16.0 Å². The summed E-state index contributed by atoms with van der Waals surface area (Å²) in [5.74, 6) is -0.611. The molecule has 9 atom stereocenters. The number of nitrogens with one attached hydrogen (secondary N) is 2. The molecule has 47 heavy (non-hydrogen) atoms. The van der Waals surface area contributed by atoms with E-state index in [2.05, 4.69) is 34.6 Å². The van der Waals surface area contributed by atoms with Gasteiger partial charge >= 0.3 is 17.0 Å². The van der Waals surface area contributed by atoms with E-state index in [0.29, 0.717) is 11.2 Å². The predicted molar refractivity (Wildman–Crippen MR) is 159 cm³/mol. The van der Waals surface area contributed by atoms with E-state index in [4.69, 9.17) is 45.0 Å². The first-order valence-electron chi connectivity index (χ1n) is 14.1. The number of hydrogen-bond donors (Lipinski definition) is 5. The first kappa shape index (κ1) is 31.2. The van der Waals surface area contributed by atoms with Gasteiger partial charge in [-0.2, -0.15) is 13.1 Å². The molecule has 0 radical (unpaired) electrons. The summed E-state index contributed by atoms with van der Waals surface area (Å²) < 4.78 is 68.4. The summed E-state index contributed by atoms with van der Waals surface area (Å²) in [6.45, 7) is -4.20. The molecule has 4 fully saturated rings. The number of aryl methyl sites for hydroxylation is 1. The second-order valence-corrected chi connectivity index (χ2v) is 15.6. The normalized spacial score (nSPS) is 37.0. The molecule has 252 valence electrons. The number of anilines is 1. The Morgan fingerprint density at radius 3 is 2.70 bits per heavy atom. The zero-order valence-corrected chi connectivity index (χ0v) is 26.7. The van der Waals surface area contributed by atoms with Crippen LogP contribution in [-0.4, -0.2) is 114 Å². The smallest absolute Gasteiger partial charge is 0.336 e. The second kappa shape index (κ2) is 11.0. The summed E-state index contributed by atoms with van der Waals surface area (Å²) in [6.07, 6.45) is -2.82. The second-order valence-electron chi connectivity index (χ2n) is 11.4. The van der Waals surface area contributed by atoms with E-state index in [-0.39, 0.29) is 29.4 Å². The van der Waals surface area contributed by atoms with Gasteiger partial charge in [-0.1, -0.05) is 0 Å². The van der Waals surface area contributed by atoms with E-state index in [1.165, 1.54) is 28.1 Å². The summed E-state index contributed by atoms with van der Waals surface area (Å²) in [6, 6.07) is 0. The summed E-state index contributed by atoms with van der Waals surface area (Å²) in [5.41, 5.74) is 4.59. The molecule has 4 bridgehead atoms. The molecule has 0 aliphatic carbocycles. The summed E-state index contributed by atoms with van der Waals surface area (Å²) in [7, 11) is -4.63. The van der Waals surface area contributed by atoms with E-state index < -0.39 is 90.7 Å². The molecule has 8 heterocycles. The van der Waals surface area contributed by atoms with Crippen LogP contribution in [0.15, 0.2) is 23.8 Å². The lowest BCUT2D eigenvalue weighted by molar-refractivity contribution is -0.169. The predicted octanol–water partition coefficient (Wildman–Crippen LogP) is -2.13. The monoisotopic (exact) mass is 714 g/mol. The number of hydrogen-bond acceptors (Lipinski definition) is 17. The number of ether oxygens (including phenoxy) is 3. The maximum absolute atomic E-state index is 13.6. The minimum Gasteiger partial charge on any atom is -0.396 e. The molecule has 4 aromatic rings. The number of H-pyrrole nitrogens is 1. The van der Waals surface area contributed by atoms with Gasteiger partial charge in [-0.3, -0.25) is 18.5 Å². The van der Waals surface area contributed by atoms with Gasteiger partial charge in [0.1, 0.15) is 41.6 Å². The van der Waals surface area contributed by atoms with Crippen molar-refractivity contribution < 1.29 is 45.9 Å². The molecule has 21 nitrogen and oxygen atoms in total. The van der Waals surface area contributed by atoms with Crippen LogP contribution in [0.25, 0.3) is 22.3 Å². The first-order valence-corrected chi connectivity index (χ1v) is 18.1. The van der Waals surface area contributed by atoms with Crippen LogP contribution in [-0.2, 0) is 49.6 Å². The summed E-state index contributed by atoms with van der Waals surface area (Å²) in [5, 5.41) is 10.4. The van der Waals surface area contributed by atoms with Crippen LogP contribution in [0.4, 0.5) is 5.82 Å². The number of aliphatic hydroxyl groups excluding tert-OH is 1. The minimum atomic E-state index is -4.63. The molecule has 24 heteroatoms. The lowest BCUT2D eigenvalue weighted by Gasteiger charge is -2.32. The molecular formula is C23H27N10O11PS2. The van der Waals surface area contributed by atoms with E-state index in [1.807, 2.05) is 0 Å². The van der Waals surface area contributed by atoms with Crippen LogP contribution in [0.1, 0.15) is 18.3 Å². The highest BCUT2D eigenvalue weighted by atomic mass is 32.5. The van der Waals surface area contributed by atoms with Crippen LogP contribution in [0.5, 0.6) is 0 Å². The molecule has 4 saturated heterocycles. The molecule has 0 aromatic carbocycles. The van der Waals surface area contributed by atoms with Crippen molar-refractivity contribution in [1.82, 2.24) is 43.8 Å². The van der Waals surface area contributed by atoms with Crippen molar-refractivity contribution in [3.8, 4) is 0 Å². The first-order chi connectivity index (χ1) is 22.4. The average molecular weight is 715 g/mol. The van der Waals surface area contributed by atoms with Crippen molar-refractivity contribution in [2.75, 3.05) is 32.1 Å².